The summed E-state index contributed by atoms with van der Waals surface area (Å²) in [4.78, 5) is 0. The number of nitrogens with zero attached hydrogens (tertiary/aromatic N) is 1. The molecule has 0 saturated carbocycles. The molecule has 112 valence electrons. The molecule has 0 atom stereocenters. The monoisotopic (exact) mass is 294 g/mol. The number of halogens is 1. The molecule has 1 N–H and O–H groups in total. The summed E-state index contributed by atoms with van der Waals surface area (Å²) in [6, 6.07) is 13.7. The van der Waals surface area contributed by atoms with Crippen LogP contribution in [0, 0.1) is 12.7 Å². The van der Waals surface area contributed by atoms with Gasteiger partial charge in [-0.05, 0) is 53.3 Å². The fourth-order valence-corrected chi connectivity index (χ4v) is 3.39. The SMILES string of the molecule is Cc1ccc(F)cc1-c1ccc2cc3n(c2c1)CCNCC3. The highest BCUT2D eigenvalue weighted by molar-refractivity contribution is 5.87. The van der Waals surface area contributed by atoms with Gasteiger partial charge in [0.2, 0.25) is 0 Å². The first kappa shape index (κ1) is 13.5. The van der Waals surface area contributed by atoms with Crippen molar-refractivity contribution in [3.8, 4) is 11.1 Å². The molecule has 2 nitrogen and oxygen atoms in total. The zero-order valence-electron chi connectivity index (χ0n) is 12.7. The smallest absolute Gasteiger partial charge is 0.123 e. The topological polar surface area (TPSA) is 17.0 Å². The highest BCUT2D eigenvalue weighted by Crippen LogP contribution is 2.30. The first-order chi connectivity index (χ1) is 10.7. The molecule has 0 fully saturated rings. The first-order valence-corrected chi connectivity index (χ1v) is 7.82. The van der Waals surface area contributed by atoms with E-state index < -0.39 is 0 Å². The second kappa shape index (κ2) is 5.25. The summed E-state index contributed by atoms with van der Waals surface area (Å²) < 4.78 is 16.0. The van der Waals surface area contributed by atoms with Crippen molar-refractivity contribution in [2.75, 3.05) is 13.1 Å². The Bertz CT molecular complexity index is 848. The van der Waals surface area contributed by atoms with Crippen molar-refractivity contribution in [3.63, 3.8) is 0 Å². The van der Waals surface area contributed by atoms with Crippen molar-refractivity contribution in [1.29, 1.82) is 0 Å². The Morgan fingerprint density at radius 3 is 2.86 bits per heavy atom. The van der Waals surface area contributed by atoms with Crippen LogP contribution in [0.25, 0.3) is 22.0 Å². The molecule has 1 aliphatic rings. The summed E-state index contributed by atoms with van der Waals surface area (Å²) in [5, 5.41) is 4.71. The Morgan fingerprint density at radius 1 is 1.05 bits per heavy atom. The Kier molecular flexibility index (Phi) is 3.23. The van der Waals surface area contributed by atoms with Crippen LogP contribution in [0.5, 0.6) is 0 Å². The number of fused-ring (bicyclic) bond motifs is 3. The van der Waals surface area contributed by atoms with Gasteiger partial charge in [0.1, 0.15) is 5.82 Å². The standard InChI is InChI=1S/C19H19FN2/c1-13-2-5-16(20)12-18(13)14-3-4-15-10-17-6-7-21-8-9-22(17)19(15)11-14/h2-5,10-12,21H,6-9H2,1H3. The molecule has 0 radical (unpaired) electrons. The van der Waals surface area contributed by atoms with Crippen molar-refractivity contribution in [1.82, 2.24) is 9.88 Å². The van der Waals surface area contributed by atoms with E-state index >= 15 is 0 Å². The van der Waals surface area contributed by atoms with Crippen LogP contribution in [0.15, 0.2) is 42.5 Å². The average Bonchev–Trinajstić information content (AvgIpc) is 2.70. The minimum Gasteiger partial charge on any atom is -0.343 e. The molecule has 0 spiro atoms. The number of rotatable bonds is 1. The lowest BCUT2D eigenvalue weighted by molar-refractivity contribution is 0.628. The van der Waals surface area contributed by atoms with Crippen LogP contribution in [-0.4, -0.2) is 17.7 Å². The third-order valence-corrected chi connectivity index (χ3v) is 4.57. The molecule has 2 heterocycles. The quantitative estimate of drug-likeness (QED) is 0.720. The molecule has 4 rings (SSSR count). The van der Waals surface area contributed by atoms with Crippen molar-refractivity contribution in [2.45, 2.75) is 19.9 Å². The predicted molar refractivity (Wildman–Crippen MR) is 88.6 cm³/mol. The van der Waals surface area contributed by atoms with Gasteiger partial charge in [-0.1, -0.05) is 18.2 Å². The number of aromatic nitrogens is 1. The van der Waals surface area contributed by atoms with Gasteiger partial charge in [-0.25, -0.2) is 4.39 Å². The second-order valence-corrected chi connectivity index (χ2v) is 6.02. The fourth-order valence-electron chi connectivity index (χ4n) is 3.39. The van der Waals surface area contributed by atoms with E-state index in [2.05, 4.69) is 34.1 Å². The van der Waals surface area contributed by atoms with Crippen molar-refractivity contribution < 1.29 is 4.39 Å². The molecule has 1 aliphatic heterocycles. The average molecular weight is 294 g/mol. The lowest BCUT2D eigenvalue weighted by atomic mass is 9.99. The summed E-state index contributed by atoms with van der Waals surface area (Å²) in [5.74, 6) is -0.182. The van der Waals surface area contributed by atoms with Gasteiger partial charge in [0.25, 0.3) is 0 Å². The van der Waals surface area contributed by atoms with Gasteiger partial charge in [-0.3, -0.25) is 0 Å². The number of hydrogen-bond donors (Lipinski definition) is 1. The second-order valence-electron chi connectivity index (χ2n) is 6.02. The van der Waals surface area contributed by atoms with Gasteiger partial charge in [0.15, 0.2) is 0 Å². The summed E-state index contributed by atoms with van der Waals surface area (Å²) >= 11 is 0. The molecule has 0 aliphatic carbocycles. The minimum atomic E-state index is -0.182. The highest BCUT2D eigenvalue weighted by Gasteiger charge is 2.13. The lowest BCUT2D eigenvalue weighted by Crippen LogP contribution is -2.17. The Hall–Kier alpha value is -2.13. The molecule has 0 bridgehead atoms. The van der Waals surface area contributed by atoms with E-state index in [0.717, 1.165) is 42.7 Å². The van der Waals surface area contributed by atoms with Gasteiger partial charge >= 0.3 is 0 Å². The predicted octanol–water partition coefficient (Wildman–Crippen LogP) is 3.90. The molecule has 1 aromatic heterocycles. The van der Waals surface area contributed by atoms with E-state index in [1.54, 1.807) is 6.07 Å². The minimum absolute atomic E-state index is 0.182. The van der Waals surface area contributed by atoms with E-state index in [9.17, 15) is 4.39 Å². The van der Waals surface area contributed by atoms with Gasteiger partial charge in [-0.2, -0.15) is 0 Å². The number of nitrogens with one attached hydrogen (secondary N) is 1. The van der Waals surface area contributed by atoms with Crippen LogP contribution in [0.3, 0.4) is 0 Å². The van der Waals surface area contributed by atoms with Gasteiger partial charge in [-0.15, -0.1) is 0 Å². The Morgan fingerprint density at radius 2 is 1.95 bits per heavy atom. The molecule has 0 unspecified atom stereocenters. The zero-order valence-corrected chi connectivity index (χ0v) is 12.7. The number of aryl methyl sites for hydroxylation is 1. The Balaban J connectivity index is 1.90. The molecular formula is C19H19FN2. The fraction of sp³-hybridized carbons (Fsp3) is 0.263. The largest absolute Gasteiger partial charge is 0.343 e. The zero-order chi connectivity index (χ0) is 15.1. The maximum Gasteiger partial charge on any atom is 0.123 e. The van der Waals surface area contributed by atoms with E-state index in [0.29, 0.717) is 0 Å². The summed E-state index contributed by atoms with van der Waals surface area (Å²) in [6.45, 7) is 5.05. The number of hydrogen-bond acceptors (Lipinski definition) is 1. The number of benzene rings is 2. The third kappa shape index (κ3) is 2.22. The third-order valence-electron chi connectivity index (χ3n) is 4.57. The van der Waals surface area contributed by atoms with Gasteiger partial charge < -0.3 is 9.88 Å². The van der Waals surface area contributed by atoms with E-state index in [-0.39, 0.29) is 5.82 Å². The molecule has 0 amide bonds. The lowest BCUT2D eigenvalue weighted by Gasteiger charge is -2.09. The van der Waals surface area contributed by atoms with Crippen LogP contribution in [-0.2, 0) is 13.0 Å². The Labute approximate surface area is 129 Å². The molecule has 2 aromatic carbocycles. The summed E-state index contributed by atoms with van der Waals surface area (Å²) in [6.07, 6.45) is 1.06. The molecular weight excluding hydrogens is 275 g/mol. The van der Waals surface area contributed by atoms with Crippen molar-refractivity contribution >= 4 is 10.9 Å². The van der Waals surface area contributed by atoms with E-state index in [1.165, 1.54) is 22.7 Å². The highest BCUT2D eigenvalue weighted by atomic mass is 19.1. The molecule has 3 aromatic rings. The van der Waals surface area contributed by atoms with Crippen LogP contribution < -0.4 is 5.32 Å². The molecule has 0 saturated heterocycles. The molecule has 22 heavy (non-hydrogen) atoms. The van der Waals surface area contributed by atoms with Crippen LogP contribution in [0.4, 0.5) is 4.39 Å². The first-order valence-electron chi connectivity index (χ1n) is 7.82. The van der Waals surface area contributed by atoms with Crippen LogP contribution in [0.2, 0.25) is 0 Å². The van der Waals surface area contributed by atoms with E-state index in [4.69, 9.17) is 0 Å². The van der Waals surface area contributed by atoms with Crippen molar-refractivity contribution in [3.05, 3.63) is 59.5 Å². The van der Waals surface area contributed by atoms with Crippen LogP contribution >= 0.6 is 0 Å². The summed E-state index contributed by atoms with van der Waals surface area (Å²) in [5.41, 5.74) is 5.80. The normalized spacial score (nSPS) is 14.8. The maximum absolute atomic E-state index is 13.6. The maximum atomic E-state index is 13.6. The van der Waals surface area contributed by atoms with E-state index in [1.807, 2.05) is 13.0 Å². The van der Waals surface area contributed by atoms with Gasteiger partial charge in [0, 0.05) is 37.3 Å². The van der Waals surface area contributed by atoms with Gasteiger partial charge in [0.05, 0.1) is 0 Å². The molecule has 3 heteroatoms. The summed E-state index contributed by atoms with van der Waals surface area (Å²) in [7, 11) is 0. The van der Waals surface area contributed by atoms with Crippen LogP contribution in [0.1, 0.15) is 11.3 Å². The van der Waals surface area contributed by atoms with Crippen molar-refractivity contribution in [2.24, 2.45) is 0 Å².